The predicted octanol–water partition coefficient (Wildman–Crippen LogP) is 2.79. The summed E-state index contributed by atoms with van der Waals surface area (Å²) in [6, 6.07) is 7.02. The van der Waals surface area contributed by atoms with E-state index in [0.717, 1.165) is 0 Å². The van der Waals surface area contributed by atoms with E-state index in [-0.39, 0.29) is 5.41 Å². The van der Waals surface area contributed by atoms with Gasteiger partial charge in [-0.25, -0.2) is 12.7 Å². The molecule has 0 aliphatic carbocycles. The lowest BCUT2D eigenvalue weighted by molar-refractivity contribution is 0.311. The quantitative estimate of drug-likeness (QED) is 0.904. The van der Waals surface area contributed by atoms with Gasteiger partial charge in [0.05, 0.1) is 5.69 Å². The molecule has 1 aromatic carbocycles. The minimum Gasteiger partial charge on any atom is -0.384 e. The number of para-hydroxylation sites is 1. The van der Waals surface area contributed by atoms with Crippen molar-refractivity contribution in [1.82, 2.24) is 4.31 Å². The topological polar surface area (TPSA) is 49.4 Å². The molecule has 0 aromatic heterocycles. The molecule has 0 heterocycles. The van der Waals surface area contributed by atoms with Gasteiger partial charge in [-0.05, 0) is 24.5 Å². The van der Waals surface area contributed by atoms with Crippen molar-refractivity contribution >= 4 is 15.7 Å². The van der Waals surface area contributed by atoms with Gasteiger partial charge in [-0.3, -0.25) is 0 Å². The van der Waals surface area contributed by atoms with Crippen molar-refractivity contribution in [3.05, 3.63) is 24.3 Å². The van der Waals surface area contributed by atoms with Crippen molar-refractivity contribution in [2.45, 2.75) is 32.6 Å². The number of sulfonamides is 1. The molecule has 0 atom stereocenters. The first-order chi connectivity index (χ1) is 8.68. The van der Waals surface area contributed by atoms with Crippen LogP contribution < -0.4 is 5.32 Å². The zero-order valence-electron chi connectivity index (χ0n) is 12.4. The van der Waals surface area contributed by atoms with Crippen LogP contribution in [0.15, 0.2) is 29.2 Å². The molecule has 0 saturated carbocycles. The summed E-state index contributed by atoms with van der Waals surface area (Å²) in [4.78, 5) is 0.337. The van der Waals surface area contributed by atoms with Crippen LogP contribution in [0.4, 0.5) is 5.69 Å². The summed E-state index contributed by atoms with van der Waals surface area (Å²) in [7, 11) is -1.83. The Kier molecular flexibility index (Phi) is 4.98. The smallest absolute Gasteiger partial charge is 0.244 e. The van der Waals surface area contributed by atoms with Crippen LogP contribution >= 0.6 is 0 Å². The average molecular weight is 284 g/mol. The average Bonchev–Trinajstić information content (AvgIpc) is 2.27. The highest BCUT2D eigenvalue weighted by Gasteiger charge is 2.27. The number of nitrogens with one attached hydrogen (secondary N) is 1. The molecular formula is C14H24N2O2S. The molecule has 5 heteroatoms. The van der Waals surface area contributed by atoms with E-state index in [1.54, 1.807) is 25.2 Å². The molecule has 0 amide bonds. The van der Waals surface area contributed by atoms with Gasteiger partial charge in [0.15, 0.2) is 0 Å². The number of anilines is 1. The first-order valence-corrected chi connectivity index (χ1v) is 7.92. The monoisotopic (exact) mass is 284 g/mol. The van der Waals surface area contributed by atoms with Gasteiger partial charge in [0.2, 0.25) is 10.0 Å². The van der Waals surface area contributed by atoms with Gasteiger partial charge >= 0.3 is 0 Å². The van der Waals surface area contributed by atoms with Gasteiger partial charge in [-0.1, -0.05) is 32.9 Å². The van der Waals surface area contributed by atoms with Gasteiger partial charge in [-0.15, -0.1) is 0 Å². The highest BCUT2D eigenvalue weighted by Crippen LogP contribution is 2.26. The molecule has 0 spiro atoms. The lowest BCUT2D eigenvalue weighted by atomic mass is 9.97. The number of hydrogen-bond donors (Lipinski definition) is 1. The molecule has 19 heavy (non-hydrogen) atoms. The van der Waals surface area contributed by atoms with E-state index >= 15 is 0 Å². The normalized spacial score (nSPS) is 12.7. The van der Waals surface area contributed by atoms with E-state index in [1.807, 2.05) is 33.8 Å². The molecule has 108 valence electrons. The zero-order chi connectivity index (χ0) is 14.7. The van der Waals surface area contributed by atoms with Crippen LogP contribution in [0.1, 0.15) is 27.7 Å². The lowest BCUT2D eigenvalue weighted by Crippen LogP contribution is -2.34. The first kappa shape index (κ1) is 16.0. The standard InChI is InChI=1S/C14H24N2O2S/c1-6-15-12-9-7-8-10-13(12)19(17,18)16(5)11-14(2,3)4/h7-10,15H,6,11H2,1-5H3. The third-order valence-corrected chi connectivity index (χ3v) is 4.50. The van der Waals surface area contributed by atoms with Crippen LogP contribution in [0.5, 0.6) is 0 Å². The van der Waals surface area contributed by atoms with Gasteiger partial charge in [0.1, 0.15) is 4.90 Å². The summed E-state index contributed by atoms with van der Waals surface area (Å²) in [5.41, 5.74) is 0.584. The van der Waals surface area contributed by atoms with Gasteiger partial charge < -0.3 is 5.32 Å². The van der Waals surface area contributed by atoms with E-state index in [9.17, 15) is 8.42 Å². The van der Waals surface area contributed by atoms with Crippen molar-refractivity contribution in [3.8, 4) is 0 Å². The molecule has 0 radical (unpaired) electrons. The fourth-order valence-electron chi connectivity index (χ4n) is 1.95. The van der Waals surface area contributed by atoms with E-state index < -0.39 is 10.0 Å². The second-order valence-electron chi connectivity index (χ2n) is 5.85. The van der Waals surface area contributed by atoms with Crippen molar-refractivity contribution in [3.63, 3.8) is 0 Å². The minimum absolute atomic E-state index is 0.0745. The Bertz CT molecular complexity index is 518. The summed E-state index contributed by atoms with van der Waals surface area (Å²) >= 11 is 0. The maximum atomic E-state index is 12.6. The maximum absolute atomic E-state index is 12.6. The first-order valence-electron chi connectivity index (χ1n) is 6.48. The summed E-state index contributed by atoms with van der Waals surface area (Å²) < 4.78 is 26.6. The molecule has 0 bridgehead atoms. The lowest BCUT2D eigenvalue weighted by Gasteiger charge is -2.26. The van der Waals surface area contributed by atoms with E-state index in [1.165, 1.54) is 4.31 Å². The third-order valence-electron chi connectivity index (χ3n) is 2.64. The Morgan fingerprint density at radius 2 is 1.79 bits per heavy atom. The van der Waals surface area contributed by atoms with E-state index in [2.05, 4.69) is 5.32 Å². The van der Waals surface area contributed by atoms with Gasteiger partial charge in [0, 0.05) is 20.1 Å². The van der Waals surface area contributed by atoms with Crippen LogP contribution in [0, 0.1) is 5.41 Å². The SMILES string of the molecule is CCNc1ccccc1S(=O)(=O)N(C)CC(C)(C)C. The van der Waals surface area contributed by atoms with E-state index in [4.69, 9.17) is 0 Å². The highest BCUT2D eigenvalue weighted by atomic mass is 32.2. The second kappa shape index (κ2) is 5.92. The fourth-order valence-corrected chi connectivity index (χ4v) is 3.51. The molecule has 0 saturated heterocycles. The Morgan fingerprint density at radius 1 is 1.21 bits per heavy atom. The molecule has 0 aliphatic heterocycles. The molecule has 1 N–H and O–H groups in total. The molecule has 0 unspecified atom stereocenters. The van der Waals surface area contributed by atoms with Crippen molar-refractivity contribution < 1.29 is 8.42 Å². The Morgan fingerprint density at radius 3 is 2.32 bits per heavy atom. The predicted molar refractivity (Wildman–Crippen MR) is 79.9 cm³/mol. The zero-order valence-corrected chi connectivity index (χ0v) is 13.2. The molecule has 1 rings (SSSR count). The molecule has 4 nitrogen and oxygen atoms in total. The molecule has 1 aromatic rings. The van der Waals surface area contributed by atoms with Gasteiger partial charge in [-0.2, -0.15) is 0 Å². The van der Waals surface area contributed by atoms with Crippen molar-refractivity contribution in [2.24, 2.45) is 5.41 Å². The largest absolute Gasteiger partial charge is 0.384 e. The minimum atomic E-state index is -3.45. The Labute approximate surface area is 116 Å². The number of benzene rings is 1. The number of nitrogens with zero attached hydrogens (tertiary/aromatic N) is 1. The Hall–Kier alpha value is -1.07. The summed E-state index contributed by atoms with van der Waals surface area (Å²) in [5.74, 6) is 0. The molecule has 0 aliphatic rings. The van der Waals surface area contributed by atoms with Crippen LogP contribution in [0.3, 0.4) is 0 Å². The van der Waals surface area contributed by atoms with Crippen LogP contribution in [-0.4, -0.2) is 32.9 Å². The van der Waals surface area contributed by atoms with Gasteiger partial charge in [0.25, 0.3) is 0 Å². The van der Waals surface area contributed by atoms with Crippen molar-refractivity contribution in [2.75, 3.05) is 25.5 Å². The molecular weight excluding hydrogens is 260 g/mol. The fraction of sp³-hybridized carbons (Fsp3) is 0.571. The Balaban J connectivity index is 3.13. The van der Waals surface area contributed by atoms with E-state index in [0.29, 0.717) is 23.7 Å². The number of rotatable bonds is 5. The van der Waals surface area contributed by atoms with Crippen LogP contribution in [0.25, 0.3) is 0 Å². The summed E-state index contributed by atoms with van der Waals surface area (Å²) in [6.45, 7) is 9.19. The number of hydrogen-bond acceptors (Lipinski definition) is 3. The van der Waals surface area contributed by atoms with Crippen molar-refractivity contribution in [1.29, 1.82) is 0 Å². The maximum Gasteiger partial charge on any atom is 0.244 e. The van der Waals surface area contributed by atoms with Crippen LogP contribution in [-0.2, 0) is 10.0 Å². The second-order valence-corrected chi connectivity index (χ2v) is 7.86. The molecule has 0 fully saturated rings. The third kappa shape index (κ3) is 4.21. The van der Waals surface area contributed by atoms with Crippen LogP contribution in [0.2, 0.25) is 0 Å². The highest BCUT2D eigenvalue weighted by molar-refractivity contribution is 7.89. The summed E-state index contributed by atoms with van der Waals surface area (Å²) in [5, 5.41) is 3.09. The summed E-state index contributed by atoms with van der Waals surface area (Å²) in [6.07, 6.45) is 0.